The molecular weight excluding hydrogens is 308 g/mol. The second-order valence-electron chi connectivity index (χ2n) is 9.23. The van der Waals surface area contributed by atoms with E-state index in [0.717, 1.165) is 0 Å². The van der Waals surface area contributed by atoms with Crippen LogP contribution < -0.4 is 0 Å². The molecule has 0 saturated carbocycles. The number of ether oxygens (including phenoxy) is 2. The monoisotopic (exact) mass is 344 g/mol. The van der Waals surface area contributed by atoms with Crippen LogP contribution in [0.25, 0.3) is 0 Å². The average Bonchev–Trinajstić information content (AvgIpc) is 2.30. The lowest BCUT2D eigenvalue weighted by atomic mass is 10.2. The first-order valence-corrected chi connectivity index (χ1v) is 10.5. The minimum absolute atomic E-state index is 0.234. The van der Waals surface area contributed by atoms with Crippen molar-refractivity contribution in [3.05, 3.63) is 0 Å². The standard InChI is InChI=1S/C18H36O4Si/c1-13(2)11-21-15(19)23(17(5,6)7,18(8,9)10)16(20)22-12-14(3)4/h13-14H,11-12H2,1-10H3. The Hall–Kier alpha value is -0.843. The van der Waals surface area contributed by atoms with Crippen molar-refractivity contribution >= 4 is 19.3 Å². The zero-order chi connectivity index (χ0) is 18.6. The van der Waals surface area contributed by atoms with E-state index in [0.29, 0.717) is 13.2 Å². The smallest absolute Gasteiger partial charge is 0.322 e. The zero-order valence-electron chi connectivity index (χ0n) is 16.7. The van der Waals surface area contributed by atoms with E-state index in [2.05, 4.69) is 0 Å². The third kappa shape index (κ3) is 5.06. The van der Waals surface area contributed by atoms with E-state index in [-0.39, 0.29) is 23.0 Å². The van der Waals surface area contributed by atoms with E-state index in [1.165, 1.54) is 0 Å². The summed E-state index contributed by atoms with van der Waals surface area (Å²) in [6.45, 7) is 20.3. The number of hydrogen-bond donors (Lipinski definition) is 0. The Morgan fingerprint density at radius 3 is 1.17 bits per heavy atom. The maximum absolute atomic E-state index is 13.1. The highest BCUT2D eigenvalue weighted by Crippen LogP contribution is 2.52. The van der Waals surface area contributed by atoms with Crippen molar-refractivity contribution in [2.75, 3.05) is 13.2 Å². The molecule has 0 fully saturated rings. The largest absolute Gasteiger partial charge is 0.469 e. The molecule has 0 atom stereocenters. The lowest BCUT2D eigenvalue weighted by Gasteiger charge is -2.46. The number of carbonyl (C=O) groups is 2. The molecule has 0 amide bonds. The van der Waals surface area contributed by atoms with Gasteiger partial charge in [-0.15, -0.1) is 0 Å². The first-order chi connectivity index (χ1) is 10.2. The number of hydrogen-bond acceptors (Lipinski definition) is 4. The summed E-state index contributed by atoms with van der Waals surface area (Å²) in [6.07, 6.45) is 0. The minimum Gasteiger partial charge on any atom is -0.469 e. The van der Waals surface area contributed by atoms with Gasteiger partial charge in [-0.1, -0.05) is 69.2 Å². The van der Waals surface area contributed by atoms with Crippen LogP contribution in [0.3, 0.4) is 0 Å². The van der Waals surface area contributed by atoms with Crippen LogP contribution in [0.15, 0.2) is 0 Å². The van der Waals surface area contributed by atoms with Gasteiger partial charge in [0.15, 0.2) is 0 Å². The van der Waals surface area contributed by atoms with Crippen LogP contribution in [0.1, 0.15) is 69.2 Å². The molecule has 136 valence electrons. The molecule has 0 aliphatic rings. The molecule has 0 saturated heterocycles. The van der Waals surface area contributed by atoms with Gasteiger partial charge in [-0.25, -0.2) is 0 Å². The van der Waals surface area contributed by atoms with Crippen LogP contribution in [0.5, 0.6) is 0 Å². The third-order valence-electron chi connectivity index (χ3n) is 3.96. The summed E-state index contributed by atoms with van der Waals surface area (Å²) in [6, 6.07) is 0. The van der Waals surface area contributed by atoms with Crippen molar-refractivity contribution in [1.82, 2.24) is 0 Å². The molecular formula is C18H36O4Si. The molecule has 0 N–H and O–H groups in total. The number of carbonyl (C=O) groups excluding carboxylic acids is 2. The molecule has 0 aromatic carbocycles. The first kappa shape index (κ1) is 22.2. The quantitative estimate of drug-likeness (QED) is 0.573. The Labute approximate surface area is 143 Å². The average molecular weight is 345 g/mol. The highest BCUT2D eigenvalue weighted by Gasteiger charge is 2.68. The van der Waals surface area contributed by atoms with Crippen LogP contribution >= 0.6 is 0 Å². The fourth-order valence-electron chi connectivity index (χ4n) is 3.13. The van der Waals surface area contributed by atoms with Gasteiger partial charge in [-0.3, -0.25) is 9.59 Å². The molecule has 0 aliphatic carbocycles. The van der Waals surface area contributed by atoms with Crippen molar-refractivity contribution in [2.24, 2.45) is 11.8 Å². The summed E-state index contributed by atoms with van der Waals surface area (Å²) < 4.78 is 11.1. The van der Waals surface area contributed by atoms with Crippen LogP contribution in [0.4, 0.5) is 9.59 Å². The Morgan fingerprint density at radius 1 is 0.739 bits per heavy atom. The van der Waals surface area contributed by atoms with E-state index in [1.807, 2.05) is 69.2 Å². The molecule has 0 radical (unpaired) electrons. The van der Waals surface area contributed by atoms with Gasteiger partial charge in [0.05, 0.1) is 13.2 Å². The lowest BCUT2D eigenvalue weighted by molar-refractivity contribution is 0.142. The molecule has 0 bridgehead atoms. The highest BCUT2D eigenvalue weighted by atomic mass is 28.3. The van der Waals surface area contributed by atoms with E-state index in [1.54, 1.807) is 0 Å². The van der Waals surface area contributed by atoms with Crippen molar-refractivity contribution in [1.29, 1.82) is 0 Å². The van der Waals surface area contributed by atoms with Crippen molar-refractivity contribution in [3.63, 3.8) is 0 Å². The van der Waals surface area contributed by atoms with Gasteiger partial charge in [0.1, 0.15) is 0 Å². The predicted octanol–water partition coefficient (Wildman–Crippen LogP) is 5.78. The van der Waals surface area contributed by atoms with Crippen molar-refractivity contribution in [3.8, 4) is 0 Å². The van der Waals surface area contributed by atoms with Gasteiger partial charge in [-0.2, -0.15) is 0 Å². The number of rotatable bonds is 6. The molecule has 0 aliphatic heterocycles. The van der Waals surface area contributed by atoms with Crippen molar-refractivity contribution in [2.45, 2.75) is 79.3 Å². The molecule has 5 heteroatoms. The molecule has 23 heavy (non-hydrogen) atoms. The summed E-state index contributed by atoms with van der Waals surface area (Å²) in [5, 5.41) is -0.985. The minimum atomic E-state index is -3.26. The Morgan fingerprint density at radius 2 is 1.00 bits per heavy atom. The predicted molar refractivity (Wildman–Crippen MR) is 97.6 cm³/mol. The van der Waals surface area contributed by atoms with Gasteiger partial charge in [-0.05, 0) is 21.9 Å². The highest BCUT2D eigenvalue weighted by molar-refractivity contribution is 7.26. The lowest BCUT2D eigenvalue weighted by Crippen LogP contribution is -2.65. The molecule has 0 rings (SSSR count). The molecule has 0 spiro atoms. The van der Waals surface area contributed by atoms with Crippen LogP contribution in [-0.2, 0) is 9.47 Å². The summed E-state index contributed by atoms with van der Waals surface area (Å²) in [7, 11) is -3.26. The third-order valence-corrected chi connectivity index (χ3v) is 9.97. The fourth-order valence-corrected chi connectivity index (χ4v) is 8.60. The fraction of sp³-hybridized carbons (Fsp3) is 0.889. The van der Waals surface area contributed by atoms with E-state index < -0.39 is 18.2 Å². The van der Waals surface area contributed by atoms with Gasteiger partial charge in [0.2, 0.25) is 0 Å². The Balaban J connectivity index is 5.91. The molecule has 0 unspecified atom stereocenters. The maximum Gasteiger partial charge on any atom is 0.322 e. The SMILES string of the molecule is CC(C)COC(=O)[Si](C(=O)OCC(C)C)(C(C)(C)C)C(C)(C)C. The first-order valence-electron chi connectivity index (χ1n) is 8.52. The Bertz CT molecular complexity index is 374. The van der Waals surface area contributed by atoms with Gasteiger partial charge in [0.25, 0.3) is 11.2 Å². The van der Waals surface area contributed by atoms with Crippen molar-refractivity contribution < 1.29 is 19.1 Å². The summed E-state index contributed by atoms with van der Waals surface area (Å²) in [5.74, 6) is 0.467. The van der Waals surface area contributed by atoms with E-state index in [4.69, 9.17) is 9.47 Å². The van der Waals surface area contributed by atoms with Gasteiger partial charge in [0, 0.05) is 0 Å². The van der Waals surface area contributed by atoms with Gasteiger partial charge >= 0.3 is 8.07 Å². The Kier molecular flexibility index (Phi) is 7.53. The molecule has 0 aromatic rings. The van der Waals surface area contributed by atoms with Gasteiger partial charge < -0.3 is 9.47 Å². The van der Waals surface area contributed by atoms with Crippen LogP contribution in [0.2, 0.25) is 10.1 Å². The second kappa shape index (κ2) is 7.82. The second-order valence-corrected chi connectivity index (χ2v) is 14.6. The summed E-state index contributed by atoms with van der Waals surface area (Å²) in [5.41, 5.74) is -0.695. The maximum atomic E-state index is 13.1. The molecule has 0 heterocycles. The van der Waals surface area contributed by atoms with Crippen LogP contribution in [-0.4, -0.2) is 32.5 Å². The molecule has 0 aromatic heterocycles. The topological polar surface area (TPSA) is 52.6 Å². The normalized spacial score (nSPS) is 13.4. The molecule has 4 nitrogen and oxygen atoms in total. The summed E-state index contributed by atoms with van der Waals surface area (Å²) >= 11 is 0. The van der Waals surface area contributed by atoms with E-state index in [9.17, 15) is 9.59 Å². The van der Waals surface area contributed by atoms with E-state index >= 15 is 0 Å². The van der Waals surface area contributed by atoms with Crippen LogP contribution in [0, 0.1) is 11.8 Å². The zero-order valence-corrected chi connectivity index (χ0v) is 17.7. The summed E-state index contributed by atoms with van der Waals surface area (Å²) in [4.78, 5) is 26.2.